The molecular formula is C51H88NO7+. The van der Waals surface area contributed by atoms with Crippen LogP contribution in [0.25, 0.3) is 0 Å². The highest BCUT2D eigenvalue weighted by Crippen LogP contribution is 2.15. The molecule has 0 bridgehead atoms. The Kier molecular flexibility index (Phi) is 39.2. The van der Waals surface area contributed by atoms with Gasteiger partial charge in [0.1, 0.15) is 6.61 Å². The van der Waals surface area contributed by atoms with Gasteiger partial charge in [-0.05, 0) is 32.1 Å². The minimum absolute atomic E-state index is 0.0408. The van der Waals surface area contributed by atoms with Gasteiger partial charge in [0.05, 0.1) is 34.4 Å². The Morgan fingerprint density at radius 3 is 1.41 bits per heavy atom. The summed E-state index contributed by atoms with van der Waals surface area (Å²) in [5.41, 5.74) is 0. The third-order valence-electron chi connectivity index (χ3n) is 10.3. The maximum atomic E-state index is 12.7. The monoisotopic (exact) mass is 827 g/mol. The predicted molar refractivity (Wildman–Crippen MR) is 247 cm³/mol. The van der Waals surface area contributed by atoms with Crippen LogP contribution in [0.2, 0.25) is 0 Å². The molecule has 1 N–H and O–H groups in total. The number of rotatable bonds is 41. The molecule has 0 spiro atoms. The van der Waals surface area contributed by atoms with Crippen molar-refractivity contribution in [3.8, 4) is 0 Å². The van der Waals surface area contributed by atoms with Gasteiger partial charge in [0.15, 0.2) is 12.1 Å². The smallest absolute Gasteiger partial charge is 0.362 e. The first-order valence-corrected chi connectivity index (χ1v) is 23.6. The van der Waals surface area contributed by atoms with Crippen LogP contribution in [0.5, 0.6) is 0 Å². The summed E-state index contributed by atoms with van der Waals surface area (Å²) in [5.74, 6) is -1.53. The third kappa shape index (κ3) is 40.0. The number of aliphatic carboxylic acids is 1. The summed E-state index contributed by atoms with van der Waals surface area (Å²) < 4.78 is 17.3. The fourth-order valence-electron chi connectivity index (χ4n) is 6.65. The number of carbonyl (C=O) groups is 3. The van der Waals surface area contributed by atoms with E-state index in [2.05, 4.69) is 26.0 Å². The molecule has 59 heavy (non-hydrogen) atoms. The van der Waals surface area contributed by atoms with Crippen LogP contribution in [0.1, 0.15) is 181 Å². The Labute approximate surface area is 361 Å². The molecule has 8 heteroatoms. The summed E-state index contributed by atoms with van der Waals surface area (Å²) in [4.78, 5) is 37.0. The van der Waals surface area contributed by atoms with Gasteiger partial charge in [-0.15, -0.1) is 0 Å². The van der Waals surface area contributed by atoms with Crippen molar-refractivity contribution in [1.29, 1.82) is 0 Å². The molecule has 0 aliphatic heterocycles. The lowest BCUT2D eigenvalue weighted by Gasteiger charge is -2.31. The Morgan fingerprint density at radius 2 is 0.949 bits per heavy atom. The summed E-state index contributed by atoms with van der Waals surface area (Å²) in [5, 5.41) is 9.63. The summed E-state index contributed by atoms with van der Waals surface area (Å²) in [7, 11) is 5.51. The molecule has 2 unspecified atom stereocenters. The first-order chi connectivity index (χ1) is 28.6. The summed E-state index contributed by atoms with van der Waals surface area (Å²) in [6.45, 7) is 4.55. The molecule has 0 heterocycles. The van der Waals surface area contributed by atoms with Crippen molar-refractivity contribution in [2.24, 2.45) is 0 Å². The van der Waals surface area contributed by atoms with Crippen LogP contribution in [0, 0.1) is 0 Å². The molecule has 338 valence electrons. The van der Waals surface area contributed by atoms with E-state index in [1.54, 1.807) is 0 Å². The second kappa shape index (κ2) is 41.5. The number of nitrogens with zero attached hydrogens (tertiary/aromatic N) is 1. The second-order valence-corrected chi connectivity index (χ2v) is 16.8. The van der Waals surface area contributed by atoms with Crippen LogP contribution < -0.4 is 0 Å². The van der Waals surface area contributed by atoms with Crippen molar-refractivity contribution in [3.05, 3.63) is 72.9 Å². The van der Waals surface area contributed by atoms with Gasteiger partial charge in [-0.1, -0.05) is 202 Å². The molecule has 0 fully saturated rings. The van der Waals surface area contributed by atoms with Crippen LogP contribution in [0.3, 0.4) is 0 Å². The number of carboxylic acids is 1. The quantitative estimate of drug-likeness (QED) is 0.0284. The highest BCUT2D eigenvalue weighted by molar-refractivity contribution is 5.72. The zero-order valence-corrected chi connectivity index (χ0v) is 38.4. The summed E-state index contributed by atoms with van der Waals surface area (Å²) >= 11 is 0. The topological polar surface area (TPSA) is 99.1 Å². The number of quaternary nitrogens is 1. The SMILES string of the molecule is CC/C=C/C=C/C=C/C=C/C=C/C=C/CCCCCC(=O)OC(COCCC(C(=O)O)[N+](C)(C)C)COC(=O)CCCCCCCCCCCCCCCCCCCC. The van der Waals surface area contributed by atoms with E-state index in [-0.39, 0.29) is 42.7 Å². The fourth-order valence-corrected chi connectivity index (χ4v) is 6.65. The zero-order valence-electron chi connectivity index (χ0n) is 38.4. The minimum Gasteiger partial charge on any atom is -0.477 e. The van der Waals surface area contributed by atoms with Gasteiger partial charge in [0.2, 0.25) is 0 Å². The number of carbonyl (C=O) groups excluding carboxylic acids is 2. The molecule has 0 radical (unpaired) electrons. The number of hydrogen-bond acceptors (Lipinski definition) is 6. The van der Waals surface area contributed by atoms with Crippen LogP contribution in [-0.2, 0) is 28.6 Å². The van der Waals surface area contributed by atoms with E-state index < -0.39 is 18.1 Å². The van der Waals surface area contributed by atoms with Crippen LogP contribution in [-0.4, -0.2) is 80.6 Å². The number of likely N-dealkylation sites (N-methyl/N-ethyl adjacent to an activating group) is 1. The number of esters is 2. The molecule has 0 aromatic rings. The van der Waals surface area contributed by atoms with Gasteiger partial charge in [-0.2, -0.15) is 0 Å². The standard InChI is InChI=1S/C51H87NO7/c1-6-8-10-12-14-16-18-20-22-24-26-27-29-31-33-35-37-39-41-49(53)58-46-47(45-57-44-43-48(51(55)56)52(3,4)5)59-50(54)42-40-38-36-34-32-30-28-25-23-21-19-17-15-13-11-9-7-2/h9,11,13,15,17,19,21,23,25,28,30,32,47-48H,6-8,10,12,14,16,18,20,22,24,26-27,29,31,33-46H2,1-5H3/p+1/b11-9+,15-13+,19-17+,23-21+,28-25+,32-30+. The highest BCUT2D eigenvalue weighted by atomic mass is 16.6. The van der Waals surface area contributed by atoms with E-state index in [1.807, 2.05) is 81.9 Å². The Balaban J connectivity index is 4.38. The lowest BCUT2D eigenvalue weighted by molar-refractivity contribution is -0.887. The lowest BCUT2D eigenvalue weighted by Crippen LogP contribution is -2.50. The van der Waals surface area contributed by atoms with Crippen molar-refractivity contribution < 1.29 is 38.2 Å². The number of allylic oxidation sites excluding steroid dienone is 12. The van der Waals surface area contributed by atoms with Crippen LogP contribution in [0.4, 0.5) is 0 Å². The zero-order chi connectivity index (χ0) is 43.5. The summed E-state index contributed by atoms with van der Waals surface area (Å²) in [6, 6.07) is -0.626. The normalized spacial score (nSPS) is 13.6. The van der Waals surface area contributed by atoms with E-state index in [9.17, 15) is 19.5 Å². The molecule has 0 saturated heterocycles. The van der Waals surface area contributed by atoms with Crippen molar-refractivity contribution in [2.45, 2.75) is 193 Å². The molecule has 0 aromatic heterocycles. The van der Waals surface area contributed by atoms with E-state index in [4.69, 9.17) is 14.2 Å². The van der Waals surface area contributed by atoms with Gasteiger partial charge >= 0.3 is 17.9 Å². The first kappa shape index (κ1) is 55.8. The molecule has 0 aromatic carbocycles. The minimum atomic E-state index is -0.884. The van der Waals surface area contributed by atoms with Crippen molar-refractivity contribution >= 4 is 17.9 Å². The molecule has 0 saturated carbocycles. The molecule has 0 rings (SSSR count). The van der Waals surface area contributed by atoms with Crippen molar-refractivity contribution in [3.63, 3.8) is 0 Å². The van der Waals surface area contributed by atoms with E-state index in [0.29, 0.717) is 19.3 Å². The molecule has 2 atom stereocenters. The van der Waals surface area contributed by atoms with Crippen molar-refractivity contribution in [1.82, 2.24) is 0 Å². The fraction of sp³-hybridized carbons (Fsp3) is 0.706. The highest BCUT2D eigenvalue weighted by Gasteiger charge is 2.31. The van der Waals surface area contributed by atoms with Crippen molar-refractivity contribution in [2.75, 3.05) is 41.0 Å². The van der Waals surface area contributed by atoms with Gasteiger partial charge in [-0.3, -0.25) is 9.59 Å². The molecular weight excluding hydrogens is 739 g/mol. The number of ether oxygens (including phenoxy) is 3. The number of carboxylic acid groups (broad SMARTS) is 1. The lowest BCUT2D eigenvalue weighted by atomic mass is 10.0. The molecule has 8 nitrogen and oxygen atoms in total. The molecule has 0 aliphatic rings. The Hall–Kier alpha value is -3.23. The first-order valence-electron chi connectivity index (χ1n) is 23.6. The number of hydrogen-bond donors (Lipinski definition) is 1. The maximum absolute atomic E-state index is 12.7. The van der Waals surface area contributed by atoms with Gasteiger partial charge in [-0.25, -0.2) is 4.79 Å². The Morgan fingerprint density at radius 1 is 0.525 bits per heavy atom. The average Bonchev–Trinajstić information content (AvgIpc) is 3.19. The van der Waals surface area contributed by atoms with E-state index in [0.717, 1.165) is 44.9 Å². The maximum Gasteiger partial charge on any atom is 0.362 e. The van der Waals surface area contributed by atoms with Gasteiger partial charge < -0.3 is 23.8 Å². The average molecular weight is 827 g/mol. The third-order valence-corrected chi connectivity index (χ3v) is 10.3. The van der Waals surface area contributed by atoms with Crippen LogP contribution >= 0.6 is 0 Å². The molecule has 0 aliphatic carbocycles. The van der Waals surface area contributed by atoms with Crippen LogP contribution in [0.15, 0.2) is 72.9 Å². The second-order valence-electron chi connectivity index (χ2n) is 16.8. The van der Waals surface area contributed by atoms with Gasteiger partial charge in [0, 0.05) is 19.3 Å². The van der Waals surface area contributed by atoms with E-state index >= 15 is 0 Å². The molecule has 0 amide bonds. The van der Waals surface area contributed by atoms with Gasteiger partial charge in [0.25, 0.3) is 0 Å². The van der Waals surface area contributed by atoms with E-state index in [1.165, 1.54) is 96.3 Å². The largest absolute Gasteiger partial charge is 0.477 e. The Bertz CT molecular complexity index is 1190. The number of unbranched alkanes of at least 4 members (excludes halogenated alkanes) is 20. The summed E-state index contributed by atoms with van der Waals surface area (Å²) in [6.07, 6.45) is 52.3. The predicted octanol–water partition coefficient (Wildman–Crippen LogP) is 13.1.